The largest absolute Gasteiger partial charge is 0.382 e. The highest BCUT2D eigenvalue weighted by Crippen LogP contribution is 2.33. The second kappa shape index (κ2) is 6.05. The van der Waals surface area contributed by atoms with Gasteiger partial charge in [-0.25, -0.2) is 0 Å². The monoisotopic (exact) mass is 310 g/mol. The van der Waals surface area contributed by atoms with E-state index in [0.29, 0.717) is 11.4 Å². The number of nitrogens with zero attached hydrogens (tertiary/aromatic N) is 6. The zero-order chi connectivity index (χ0) is 16.2. The highest BCUT2D eigenvalue weighted by atomic mass is 15.3. The summed E-state index contributed by atoms with van der Waals surface area (Å²) in [6.45, 7) is 1.81. The molecule has 3 aromatic rings. The lowest BCUT2D eigenvalue weighted by Crippen LogP contribution is -1.84. The van der Waals surface area contributed by atoms with Gasteiger partial charge >= 0.3 is 0 Å². The lowest BCUT2D eigenvalue weighted by Gasteiger charge is -1.93. The number of nitrogens with two attached hydrogens (primary N) is 2. The predicted molar refractivity (Wildman–Crippen MR) is 85.5 cm³/mol. The molecule has 1 aromatic carbocycles. The summed E-state index contributed by atoms with van der Waals surface area (Å²) in [4.78, 5) is 0. The Morgan fingerprint density at radius 1 is 0.870 bits per heavy atom. The van der Waals surface area contributed by atoms with Gasteiger partial charge in [0, 0.05) is 0 Å². The molecule has 0 unspecified atom stereocenters. The Hall–Kier alpha value is -3.56. The molecule has 3 rings (SSSR count). The zero-order valence-corrected chi connectivity index (χ0v) is 12.2. The quantitative estimate of drug-likeness (QED) is 0.543. The number of hydrogen-bond acceptors (Lipinski definition) is 8. The van der Waals surface area contributed by atoms with Crippen LogP contribution in [0.25, 0.3) is 0 Å². The molecule has 0 amide bonds. The minimum atomic E-state index is 0.158. The predicted octanol–water partition coefficient (Wildman–Crippen LogP) is 3.44. The van der Waals surface area contributed by atoms with Gasteiger partial charge in [0.05, 0.1) is 11.4 Å². The average molecular weight is 310 g/mol. The van der Waals surface area contributed by atoms with Crippen molar-refractivity contribution in [2.75, 3.05) is 11.5 Å². The Bertz CT molecular complexity index is 839. The molecule has 0 aliphatic rings. The Balaban J connectivity index is 1.89. The molecule has 6 N–H and O–H groups in total. The number of H-pyrrole nitrogens is 2. The minimum Gasteiger partial charge on any atom is -0.382 e. The molecule has 23 heavy (non-hydrogen) atoms. The second-order valence-corrected chi connectivity index (χ2v) is 4.63. The van der Waals surface area contributed by atoms with Gasteiger partial charge in [0.15, 0.2) is 17.2 Å². The van der Waals surface area contributed by atoms with Crippen molar-refractivity contribution in [2.45, 2.75) is 6.92 Å². The van der Waals surface area contributed by atoms with Gasteiger partial charge in [0.2, 0.25) is 5.82 Å². The first kappa shape index (κ1) is 14.4. The highest BCUT2D eigenvalue weighted by molar-refractivity contribution is 5.70. The van der Waals surface area contributed by atoms with E-state index in [0.717, 1.165) is 5.69 Å². The number of nitrogen functional groups attached to an aromatic ring is 2. The fourth-order valence-electron chi connectivity index (χ4n) is 1.77. The third-order valence-corrected chi connectivity index (χ3v) is 2.96. The van der Waals surface area contributed by atoms with Gasteiger partial charge in [0.25, 0.3) is 0 Å². The van der Waals surface area contributed by atoms with E-state index >= 15 is 0 Å². The molecule has 0 radical (unpaired) electrons. The van der Waals surface area contributed by atoms with E-state index in [9.17, 15) is 0 Å². The molecule has 0 atom stereocenters. The maximum atomic E-state index is 5.66. The van der Waals surface area contributed by atoms with Crippen LogP contribution in [0.3, 0.4) is 0 Å². The molecule has 0 saturated carbocycles. The van der Waals surface area contributed by atoms with Crippen LogP contribution in [0.4, 0.5) is 34.5 Å². The van der Waals surface area contributed by atoms with Crippen LogP contribution >= 0.6 is 0 Å². The van der Waals surface area contributed by atoms with Crippen molar-refractivity contribution in [3.05, 3.63) is 36.0 Å². The first-order chi connectivity index (χ1) is 11.1. The number of hydrogen-bond donors (Lipinski definition) is 4. The molecule has 0 bridgehead atoms. The Kier molecular flexibility index (Phi) is 3.78. The van der Waals surface area contributed by atoms with E-state index in [2.05, 4.69) is 40.9 Å². The Morgan fingerprint density at radius 2 is 1.61 bits per heavy atom. The van der Waals surface area contributed by atoms with E-state index in [1.54, 1.807) is 0 Å². The lowest BCUT2D eigenvalue weighted by atomic mass is 10.3. The topological polar surface area (TPSA) is 159 Å². The number of nitrogens with one attached hydrogen (secondary N) is 2. The van der Waals surface area contributed by atoms with Crippen LogP contribution in [0.2, 0.25) is 0 Å². The summed E-state index contributed by atoms with van der Waals surface area (Å²) >= 11 is 0. The summed E-state index contributed by atoms with van der Waals surface area (Å²) < 4.78 is 0. The molecular weight excluding hydrogens is 296 g/mol. The van der Waals surface area contributed by atoms with Crippen molar-refractivity contribution in [3.63, 3.8) is 0 Å². The molecule has 10 nitrogen and oxygen atoms in total. The Labute approximate surface area is 130 Å². The fraction of sp³-hybridized carbons (Fsp3) is 0.0769. The van der Waals surface area contributed by atoms with Crippen molar-refractivity contribution in [2.24, 2.45) is 20.5 Å². The van der Waals surface area contributed by atoms with Crippen molar-refractivity contribution >= 4 is 34.5 Å². The third kappa shape index (κ3) is 3.05. The van der Waals surface area contributed by atoms with Crippen LogP contribution in [0.1, 0.15) is 5.69 Å². The molecule has 0 aliphatic heterocycles. The maximum Gasteiger partial charge on any atom is 0.223 e. The van der Waals surface area contributed by atoms with Crippen LogP contribution in [-0.4, -0.2) is 20.4 Å². The summed E-state index contributed by atoms with van der Waals surface area (Å²) in [6.07, 6.45) is 0. The van der Waals surface area contributed by atoms with Gasteiger partial charge in [0.1, 0.15) is 5.82 Å². The van der Waals surface area contributed by atoms with Crippen molar-refractivity contribution in [1.29, 1.82) is 0 Å². The number of benzene rings is 1. The number of aromatic amines is 2. The summed E-state index contributed by atoms with van der Waals surface area (Å²) in [5.74, 6) is 0.666. The minimum absolute atomic E-state index is 0.158. The zero-order valence-electron chi connectivity index (χ0n) is 12.2. The SMILES string of the molecule is Cc1[nH]nc(N=Nc2c(N)n[nH]c2N)c1N=Nc1ccccc1. The van der Waals surface area contributed by atoms with Gasteiger partial charge in [-0.3, -0.25) is 10.2 Å². The molecule has 0 fully saturated rings. The van der Waals surface area contributed by atoms with Gasteiger partial charge < -0.3 is 11.5 Å². The van der Waals surface area contributed by atoms with Gasteiger partial charge in [-0.2, -0.15) is 15.3 Å². The van der Waals surface area contributed by atoms with E-state index < -0.39 is 0 Å². The van der Waals surface area contributed by atoms with Crippen LogP contribution < -0.4 is 11.5 Å². The average Bonchev–Trinajstić information content (AvgIpc) is 3.07. The van der Waals surface area contributed by atoms with Crippen LogP contribution in [0.15, 0.2) is 50.8 Å². The van der Waals surface area contributed by atoms with E-state index in [1.165, 1.54) is 0 Å². The first-order valence-electron chi connectivity index (χ1n) is 6.68. The van der Waals surface area contributed by atoms with Gasteiger partial charge in [-0.1, -0.05) is 18.2 Å². The van der Waals surface area contributed by atoms with Crippen LogP contribution in [-0.2, 0) is 0 Å². The second-order valence-electron chi connectivity index (χ2n) is 4.63. The third-order valence-electron chi connectivity index (χ3n) is 2.96. The highest BCUT2D eigenvalue weighted by Gasteiger charge is 2.11. The number of aromatic nitrogens is 4. The molecule has 116 valence electrons. The molecule has 2 aromatic heterocycles. The smallest absolute Gasteiger partial charge is 0.223 e. The number of anilines is 2. The number of rotatable bonds is 4. The van der Waals surface area contributed by atoms with E-state index in [-0.39, 0.29) is 23.1 Å². The summed E-state index contributed by atoms with van der Waals surface area (Å²) in [6, 6.07) is 9.34. The van der Waals surface area contributed by atoms with Crippen molar-refractivity contribution in [3.8, 4) is 0 Å². The molecule has 0 saturated heterocycles. The normalized spacial score (nSPS) is 11.7. The molecule has 2 heterocycles. The standard InChI is InChI=1S/C13H14N10/c1-7-9(18-17-8-5-3-2-4-6-8)13(22-16-7)23-19-10-11(14)20-21-12(10)15/h2-6H,1H3,(H,16,22)(H5,14,15,20,21). The summed E-state index contributed by atoms with van der Waals surface area (Å²) in [5, 5.41) is 29.4. The summed E-state index contributed by atoms with van der Waals surface area (Å²) in [5.41, 5.74) is 13.5. The van der Waals surface area contributed by atoms with Gasteiger partial charge in [-0.05, 0) is 19.1 Å². The van der Waals surface area contributed by atoms with Crippen LogP contribution in [0, 0.1) is 6.92 Å². The van der Waals surface area contributed by atoms with Crippen molar-refractivity contribution < 1.29 is 0 Å². The fourth-order valence-corrected chi connectivity index (χ4v) is 1.77. The number of azo groups is 2. The molecular formula is C13H14N10. The lowest BCUT2D eigenvalue weighted by molar-refractivity contribution is 1.03. The van der Waals surface area contributed by atoms with Gasteiger partial charge in [-0.15, -0.1) is 15.3 Å². The summed E-state index contributed by atoms with van der Waals surface area (Å²) in [7, 11) is 0. The van der Waals surface area contributed by atoms with E-state index in [1.807, 2.05) is 37.3 Å². The molecule has 10 heteroatoms. The molecule has 0 spiro atoms. The molecule has 0 aliphatic carbocycles. The van der Waals surface area contributed by atoms with Crippen molar-refractivity contribution in [1.82, 2.24) is 20.4 Å². The van der Waals surface area contributed by atoms with E-state index in [4.69, 9.17) is 11.5 Å². The maximum absolute atomic E-state index is 5.66. The number of aryl methyl sites for hydroxylation is 1. The Morgan fingerprint density at radius 3 is 2.30 bits per heavy atom. The first-order valence-corrected chi connectivity index (χ1v) is 6.68. The van der Waals surface area contributed by atoms with Crippen LogP contribution in [0.5, 0.6) is 0 Å².